The predicted molar refractivity (Wildman–Crippen MR) is 98.6 cm³/mol. The maximum absolute atomic E-state index is 11.5. The Morgan fingerprint density at radius 2 is 1.75 bits per heavy atom. The first-order valence-electron chi connectivity index (χ1n) is 9.54. The number of Topliss-reactive ketones (excluding diaryl/α,β-unsaturated/α-hetero) is 1. The molecule has 0 amide bonds. The van der Waals surface area contributed by atoms with Crippen molar-refractivity contribution in [1.29, 1.82) is 0 Å². The number of rotatable bonds is 11. The number of carbonyl (C=O) groups excluding carboxylic acids is 1. The Labute approximate surface area is 148 Å². The van der Waals surface area contributed by atoms with Gasteiger partial charge in [0.1, 0.15) is 0 Å². The number of carbonyl (C=O) groups is 1. The zero-order valence-corrected chi connectivity index (χ0v) is 16.7. The molecule has 5 heteroatoms. The molecule has 1 fully saturated rings. The molecule has 1 aliphatic heterocycles. The Balaban J connectivity index is 1.57. The molecular weight excluding hydrogens is 320 g/mol. The molecule has 0 unspecified atom stereocenters. The number of unbranched alkanes of at least 4 members (excludes halogenated alkanes) is 4. The first-order valence-corrected chi connectivity index (χ1v) is 13.0. The molecule has 0 aromatic carbocycles. The summed E-state index contributed by atoms with van der Waals surface area (Å²) in [5.74, 6) is -0.128. The summed E-state index contributed by atoms with van der Waals surface area (Å²) in [5.41, 5.74) is 1.07. The molecule has 2 rings (SSSR count). The van der Waals surface area contributed by atoms with Crippen molar-refractivity contribution in [3.05, 3.63) is 11.6 Å². The average Bonchev–Trinajstić information content (AvgIpc) is 3.14. The van der Waals surface area contributed by atoms with Gasteiger partial charge >= 0.3 is 0 Å². The van der Waals surface area contributed by atoms with E-state index in [1.54, 1.807) is 0 Å². The zero-order valence-electron chi connectivity index (χ0n) is 15.7. The van der Waals surface area contributed by atoms with Crippen molar-refractivity contribution in [2.45, 2.75) is 83.2 Å². The Kier molecular flexibility index (Phi) is 7.66. The molecule has 0 radical (unpaired) electrons. The molecule has 0 spiro atoms. The third kappa shape index (κ3) is 6.79. The summed E-state index contributed by atoms with van der Waals surface area (Å²) in [5, 5.41) is 0. The van der Waals surface area contributed by atoms with E-state index in [1.165, 1.54) is 19.3 Å². The maximum atomic E-state index is 11.5. The van der Waals surface area contributed by atoms with E-state index in [0.717, 1.165) is 44.1 Å². The van der Waals surface area contributed by atoms with Crippen LogP contribution in [0.3, 0.4) is 0 Å². The first-order chi connectivity index (χ1) is 11.4. The highest BCUT2D eigenvalue weighted by atomic mass is 28.4. The summed E-state index contributed by atoms with van der Waals surface area (Å²) in [6.07, 6.45) is 11.5. The van der Waals surface area contributed by atoms with Gasteiger partial charge in [0, 0.05) is 12.8 Å². The SMILES string of the molecule is C[Si](C)(C)OCC1(CCCCCCCC2=CCCC2=O)OCCO1. The highest BCUT2D eigenvalue weighted by Crippen LogP contribution is 2.28. The number of hydrogen-bond donors (Lipinski definition) is 0. The van der Waals surface area contributed by atoms with Crippen LogP contribution in [0.4, 0.5) is 0 Å². The van der Waals surface area contributed by atoms with Crippen molar-refractivity contribution in [2.75, 3.05) is 19.8 Å². The monoisotopic (exact) mass is 354 g/mol. The molecule has 4 nitrogen and oxygen atoms in total. The van der Waals surface area contributed by atoms with E-state index < -0.39 is 14.1 Å². The number of ketones is 1. The summed E-state index contributed by atoms with van der Waals surface area (Å²) < 4.78 is 17.8. The smallest absolute Gasteiger partial charge is 0.190 e. The third-order valence-corrected chi connectivity index (χ3v) is 5.67. The van der Waals surface area contributed by atoms with Gasteiger partial charge in [-0.05, 0) is 50.9 Å². The van der Waals surface area contributed by atoms with Crippen molar-refractivity contribution in [3.63, 3.8) is 0 Å². The standard InChI is InChI=1S/C19H34O4Si/c1-24(2,3)23-16-19(21-14-15-22-19)13-8-6-4-5-7-10-17-11-9-12-18(17)20/h11H,4-10,12-16H2,1-3H3. The van der Waals surface area contributed by atoms with Gasteiger partial charge in [-0.1, -0.05) is 25.3 Å². The van der Waals surface area contributed by atoms with Crippen LogP contribution in [-0.2, 0) is 18.7 Å². The Morgan fingerprint density at radius 3 is 2.38 bits per heavy atom. The number of allylic oxidation sites excluding steroid dienone is 2. The highest BCUT2D eigenvalue weighted by Gasteiger charge is 2.37. The summed E-state index contributed by atoms with van der Waals surface area (Å²) in [4.78, 5) is 11.5. The Hall–Kier alpha value is -0.493. The van der Waals surface area contributed by atoms with Gasteiger partial charge in [0.15, 0.2) is 19.9 Å². The van der Waals surface area contributed by atoms with Gasteiger partial charge in [-0.15, -0.1) is 0 Å². The summed E-state index contributed by atoms with van der Waals surface area (Å²) in [6.45, 7) is 8.51. The summed E-state index contributed by atoms with van der Waals surface area (Å²) in [6, 6.07) is 0. The van der Waals surface area contributed by atoms with Crippen molar-refractivity contribution in [2.24, 2.45) is 0 Å². The highest BCUT2D eigenvalue weighted by molar-refractivity contribution is 6.69. The lowest BCUT2D eigenvalue weighted by atomic mass is 10.0. The van der Waals surface area contributed by atoms with Gasteiger partial charge in [-0.3, -0.25) is 4.79 Å². The fraction of sp³-hybridized carbons (Fsp3) is 0.842. The molecule has 2 aliphatic rings. The fourth-order valence-corrected chi connectivity index (χ4v) is 3.91. The Morgan fingerprint density at radius 1 is 1.08 bits per heavy atom. The van der Waals surface area contributed by atoms with E-state index in [9.17, 15) is 4.79 Å². The molecule has 1 aliphatic carbocycles. The summed E-state index contributed by atoms with van der Waals surface area (Å²) in [7, 11) is -1.55. The lowest BCUT2D eigenvalue weighted by molar-refractivity contribution is -0.183. The normalized spacial score (nSPS) is 20.6. The molecule has 0 N–H and O–H groups in total. The van der Waals surface area contributed by atoms with Crippen LogP contribution in [-0.4, -0.2) is 39.7 Å². The number of hydrogen-bond acceptors (Lipinski definition) is 4. The maximum Gasteiger partial charge on any atom is 0.190 e. The topological polar surface area (TPSA) is 44.8 Å². The van der Waals surface area contributed by atoms with Gasteiger partial charge in [0.2, 0.25) is 0 Å². The van der Waals surface area contributed by atoms with E-state index in [4.69, 9.17) is 13.9 Å². The van der Waals surface area contributed by atoms with Crippen LogP contribution >= 0.6 is 0 Å². The molecule has 0 atom stereocenters. The van der Waals surface area contributed by atoms with Crippen LogP contribution in [0.15, 0.2) is 11.6 Å². The molecule has 1 heterocycles. The second-order valence-corrected chi connectivity index (χ2v) is 12.5. The Bertz CT molecular complexity index is 433. The summed E-state index contributed by atoms with van der Waals surface area (Å²) >= 11 is 0. The second-order valence-electron chi connectivity index (χ2n) is 7.97. The van der Waals surface area contributed by atoms with Gasteiger partial charge in [-0.25, -0.2) is 0 Å². The van der Waals surface area contributed by atoms with Crippen molar-refractivity contribution >= 4 is 14.1 Å². The predicted octanol–water partition coefficient (Wildman–Crippen LogP) is 4.60. The first kappa shape index (κ1) is 19.8. The van der Waals surface area contributed by atoms with Crippen molar-refractivity contribution < 1.29 is 18.7 Å². The molecule has 0 bridgehead atoms. The van der Waals surface area contributed by atoms with Gasteiger partial charge in [0.25, 0.3) is 0 Å². The van der Waals surface area contributed by atoms with E-state index in [1.807, 2.05) is 0 Å². The molecule has 0 aromatic rings. The molecule has 138 valence electrons. The van der Waals surface area contributed by atoms with Crippen LogP contribution in [0, 0.1) is 0 Å². The average molecular weight is 355 g/mol. The van der Waals surface area contributed by atoms with Crippen LogP contribution in [0.1, 0.15) is 57.8 Å². The van der Waals surface area contributed by atoms with Crippen LogP contribution < -0.4 is 0 Å². The molecule has 24 heavy (non-hydrogen) atoms. The lowest BCUT2D eigenvalue weighted by Gasteiger charge is -2.30. The second kappa shape index (κ2) is 9.27. The molecule has 1 saturated heterocycles. The van der Waals surface area contributed by atoms with E-state index in [-0.39, 0.29) is 0 Å². The van der Waals surface area contributed by atoms with Gasteiger partial charge in [0.05, 0.1) is 19.8 Å². The van der Waals surface area contributed by atoms with Crippen LogP contribution in [0.2, 0.25) is 19.6 Å². The molecule has 0 saturated carbocycles. The van der Waals surface area contributed by atoms with E-state index in [0.29, 0.717) is 25.6 Å². The van der Waals surface area contributed by atoms with Crippen molar-refractivity contribution in [1.82, 2.24) is 0 Å². The largest absolute Gasteiger partial charge is 0.412 e. The fourth-order valence-electron chi connectivity index (χ4n) is 3.26. The third-order valence-electron chi connectivity index (χ3n) is 4.66. The van der Waals surface area contributed by atoms with Crippen LogP contribution in [0.25, 0.3) is 0 Å². The zero-order chi connectivity index (χ0) is 17.5. The quantitative estimate of drug-likeness (QED) is 0.402. The lowest BCUT2D eigenvalue weighted by Crippen LogP contribution is -2.40. The molecular formula is C19H34O4Si. The van der Waals surface area contributed by atoms with Crippen molar-refractivity contribution in [3.8, 4) is 0 Å². The van der Waals surface area contributed by atoms with E-state index >= 15 is 0 Å². The van der Waals surface area contributed by atoms with Crippen LogP contribution in [0.5, 0.6) is 0 Å². The minimum Gasteiger partial charge on any atom is -0.412 e. The molecule has 0 aromatic heterocycles. The van der Waals surface area contributed by atoms with E-state index in [2.05, 4.69) is 25.7 Å². The minimum absolute atomic E-state index is 0.370. The van der Waals surface area contributed by atoms with Gasteiger partial charge in [-0.2, -0.15) is 0 Å². The minimum atomic E-state index is -1.55. The van der Waals surface area contributed by atoms with Gasteiger partial charge < -0.3 is 13.9 Å². The number of ether oxygens (including phenoxy) is 2.